The van der Waals surface area contributed by atoms with Crippen molar-refractivity contribution in [1.82, 2.24) is 14.8 Å². The van der Waals surface area contributed by atoms with Crippen LogP contribution in [0.1, 0.15) is 23.9 Å². The highest BCUT2D eigenvalue weighted by Crippen LogP contribution is 2.32. The van der Waals surface area contributed by atoms with Gasteiger partial charge in [-0.25, -0.2) is 9.67 Å². The molecule has 0 aliphatic heterocycles. The van der Waals surface area contributed by atoms with Crippen molar-refractivity contribution in [2.45, 2.75) is 19.4 Å². The van der Waals surface area contributed by atoms with Gasteiger partial charge in [-0.05, 0) is 37.6 Å². The van der Waals surface area contributed by atoms with Gasteiger partial charge in [0.1, 0.15) is 5.60 Å². The lowest BCUT2D eigenvalue weighted by atomic mass is 9.92. The molecule has 0 fully saturated rings. The summed E-state index contributed by atoms with van der Waals surface area (Å²) in [6, 6.07) is 18.0. The Bertz CT molecular complexity index is 753. The molecule has 0 aliphatic rings. The molecule has 0 unspecified atom stereocenters. The molecule has 22 heavy (non-hydrogen) atoms. The van der Waals surface area contributed by atoms with Gasteiger partial charge in [-0.3, -0.25) is 0 Å². The van der Waals surface area contributed by atoms with E-state index in [1.54, 1.807) is 13.3 Å². The normalized spacial score (nSPS) is 13.8. The molecule has 0 aliphatic carbocycles. The van der Waals surface area contributed by atoms with Gasteiger partial charge in [0.25, 0.3) is 0 Å². The molecule has 2 heterocycles. The van der Waals surface area contributed by atoms with Crippen LogP contribution in [0.15, 0.2) is 60.8 Å². The van der Waals surface area contributed by atoms with Crippen LogP contribution in [-0.4, -0.2) is 21.9 Å². The second kappa shape index (κ2) is 5.73. The molecule has 1 atom stereocenters. The smallest absolute Gasteiger partial charge is 0.153 e. The van der Waals surface area contributed by atoms with Crippen LogP contribution < -0.4 is 0 Å². The monoisotopic (exact) mass is 293 g/mol. The molecule has 0 radical (unpaired) electrons. The van der Waals surface area contributed by atoms with Crippen LogP contribution in [0.5, 0.6) is 0 Å². The van der Waals surface area contributed by atoms with E-state index in [-0.39, 0.29) is 0 Å². The first kappa shape index (κ1) is 14.5. The summed E-state index contributed by atoms with van der Waals surface area (Å²) in [4.78, 5) is 4.36. The molecule has 3 aromatic rings. The van der Waals surface area contributed by atoms with E-state index in [0.717, 1.165) is 22.8 Å². The number of ether oxygens (including phenoxy) is 1. The number of pyridine rings is 1. The average molecular weight is 293 g/mol. The molecular weight excluding hydrogens is 274 g/mol. The summed E-state index contributed by atoms with van der Waals surface area (Å²) >= 11 is 0. The van der Waals surface area contributed by atoms with Crippen molar-refractivity contribution < 1.29 is 4.74 Å². The van der Waals surface area contributed by atoms with Crippen LogP contribution in [0.4, 0.5) is 0 Å². The van der Waals surface area contributed by atoms with Gasteiger partial charge in [0.15, 0.2) is 5.82 Å². The van der Waals surface area contributed by atoms with Gasteiger partial charge < -0.3 is 4.74 Å². The maximum atomic E-state index is 5.82. The van der Waals surface area contributed by atoms with Gasteiger partial charge in [0, 0.05) is 19.0 Å². The SMILES string of the molecule is CO[C@](C)(c1ccccc1)c1cc(C)n(-c2ccccn2)n1. The molecule has 0 saturated carbocycles. The summed E-state index contributed by atoms with van der Waals surface area (Å²) in [6.45, 7) is 4.05. The first-order chi connectivity index (χ1) is 10.6. The Kier molecular flexibility index (Phi) is 3.77. The van der Waals surface area contributed by atoms with Crippen LogP contribution in [-0.2, 0) is 10.3 Å². The molecule has 1 aromatic carbocycles. The van der Waals surface area contributed by atoms with Crippen molar-refractivity contribution >= 4 is 0 Å². The zero-order valence-corrected chi connectivity index (χ0v) is 13.0. The highest BCUT2D eigenvalue weighted by atomic mass is 16.5. The summed E-state index contributed by atoms with van der Waals surface area (Å²) in [5.74, 6) is 0.803. The topological polar surface area (TPSA) is 39.9 Å². The maximum absolute atomic E-state index is 5.82. The van der Waals surface area contributed by atoms with Crippen molar-refractivity contribution in [3.8, 4) is 5.82 Å². The Labute approximate surface area is 130 Å². The van der Waals surface area contributed by atoms with Crippen LogP contribution in [0, 0.1) is 6.92 Å². The van der Waals surface area contributed by atoms with Crippen molar-refractivity contribution in [1.29, 1.82) is 0 Å². The molecule has 4 heteroatoms. The molecule has 0 spiro atoms. The Hall–Kier alpha value is -2.46. The summed E-state index contributed by atoms with van der Waals surface area (Å²) in [5, 5.41) is 4.73. The average Bonchev–Trinajstić information content (AvgIpc) is 2.98. The van der Waals surface area contributed by atoms with Crippen LogP contribution in [0.3, 0.4) is 0 Å². The van der Waals surface area contributed by atoms with Crippen molar-refractivity contribution in [2.75, 3.05) is 7.11 Å². The van der Waals surface area contributed by atoms with E-state index in [1.165, 1.54) is 0 Å². The Morgan fingerprint density at radius 1 is 1.05 bits per heavy atom. The third-order valence-corrected chi connectivity index (χ3v) is 3.98. The second-order valence-electron chi connectivity index (χ2n) is 5.37. The predicted octanol–water partition coefficient (Wildman–Crippen LogP) is 3.49. The standard InChI is InChI=1S/C18H19N3O/c1-14-13-16(20-21(14)17-11-7-8-12-19-17)18(2,22-3)15-9-5-4-6-10-15/h4-13H,1-3H3/t18-/m1/s1. The van der Waals surface area contributed by atoms with Crippen molar-refractivity contribution in [3.63, 3.8) is 0 Å². The Morgan fingerprint density at radius 2 is 1.77 bits per heavy atom. The maximum Gasteiger partial charge on any atom is 0.153 e. The Morgan fingerprint density at radius 3 is 2.41 bits per heavy atom. The van der Waals surface area contributed by atoms with Gasteiger partial charge in [0.05, 0.1) is 5.69 Å². The highest BCUT2D eigenvalue weighted by molar-refractivity contribution is 5.34. The number of nitrogens with zero attached hydrogens (tertiary/aromatic N) is 3. The number of rotatable bonds is 4. The molecule has 0 amide bonds. The molecule has 112 valence electrons. The molecule has 0 saturated heterocycles. The quantitative estimate of drug-likeness (QED) is 0.739. The van der Waals surface area contributed by atoms with E-state index in [2.05, 4.69) is 17.1 Å². The first-order valence-corrected chi connectivity index (χ1v) is 7.24. The third-order valence-electron chi connectivity index (χ3n) is 3.98. The first-order valence-electron chi connectivity index (χ1n) is 7.24. The van der Waals surface area contributed by atoms with Crippen LogP contribution >= 0.6 is 0 Å². The fourth-order valence-corrected chi connectivity index (χ4v) is 2.55. The van der Waals surface area contributed by atoms with E-state index in [1.807, 2.05) is 61.0 Å². The molecule has 0 bridgehead atoms. The Balaban J connectivity index is 2.09. The van der Waals surface area contributed by atoms with E-state index in [0.29, 0.717) is 0 Å². The van der Waals surface area contributed by atoms with Crippen molar-refractivity contribution in [2.24, 2.45) is 0 Å². The number of aryl methyl sites for hydroxylation is 1. The summed E-state index contributed by atoms with van der Waals surface area (Å²) in [6.07, 6.45) is 1.77. The third kappa shape index (κ3) is 2.42. The van der Waals surface area contributed by atoms with E-state index < -0.39 is 5.60 Å². The van der Waals surface area contributed by atoms with Gasteiger partial charge in [0.2, 0.25) is 0 Å². The number of hydrogen-bond donors (Lipinski definition) is 0. The minimum atomic E-state index is -0.591. The number of methoxy groups -OCH3 is 1. The van der Waals surface area contributed by atoms with Gasteiger partial charge >= 0.3 is 0 Å². The molecule has 0 N–H and O–H groups in total. The molecule has 2 aromatic heterocycles. The predicted molar refractivity (Wildman–Crippen MR) is 86.0 cm³/mol. The lowest BCUT2D eigenvalue weighted by Crippen LogP contribution is -2.26. The van der Waals surface area contributed by atoms with Crippen molar-refractivity contribution in [3.05, 3.63) is 77.7 Å². The molecular formula is C18H19N3O. The minimum Gasteiger partial charge on any atom is -0.367 e. The summed E-state index contributed by atoms with van der Waals surface area (Å²) in [5.41, 5.74) is 2.37. The fraction of sp³-hybridized carbons (Fsp3) is 0.222. The van der Waals surface area contributed by atoms with Gasteiger partial charge in [-0.15, -0.1) is 0 Å². The second-order valence-corrected chi connectivity index (χ2v) is 5.37. The molecule has 3 rings (SSSR count). The fourth-order valence-electron chi connectivity index (χ4n) is 2.55. The minimum absolute atomic E-state index is 0.591. The number of hydrogen-bond acceptors (Lipinski definition) is 3. The van der Waals surface area contributed by atoms with E-state index in [9.17, 15) is 0 Å². The van der Waals surface area contributed by atoms with Gasteiger partial charge in [-0.2, -0.15) is 5.10 Å². The number of aromatic nitrogens is 3. The highest BCUT2D eigenvalue weighted by Gasteiger charge is 2.32. The largest absolute Gasteiger partial charge is 0.367 e. The van der Waals surface area contributed by atoms with E-state index >= 15 is 0 Å². The zero-order valence-electron chi connectivity index (χ0n) is 13.0. The van der Waals surface area contributed by atoms with Crippen LogP contribution in [0.2, 0.25) is 0 Å². The van der Waals surface area contributed by atoms with Gasteiger partial charge in [-0.1, -0.05) is 36.4 Å². The molecule has 4 nitrogen and oxygen atoms in total. The van der Waals surface area contributed by atoms with Crippen LogP contribution in [0.25, 0.3) is 5.82 Å². The lowest BCUT2D eigenvalue weighted by Gasteiger charge is -2.26. The summed E-state index contributed by atoms with van der Waals surface area (Å²) < 4.78 is 7.66. The number of benzene rings is 1. The summed E-state index contributed by atoms with van der Waals surface area (Å²) in [7, 11) is 1.71. The lowest BCUT2D eigenvalue weighted by molar-refractivity contribution is 0.0350. The zero-order chi connectivity index (χ0) is 15.6. The van der Waals surface area contributed by atoms with E-state index in [4.69, 9.17) is 9.84 Å².